The summed E-state index contributed by atoms with van der Waals surface area (Å²) in [6, 6.07) is 10.7. The molecule has 29 heavy (non-hydrogen) atoms. The molecule has 0 atom stereocenters. The number of aliphatic imine (C=N–C) groups is 1. The SMILES string of the molecule is CC(C)(C)CN(Cc1ccc(/C=C/CN2CCCCC2)cc1)C1=NC(C#N)=[N+]=C1. The van der Waals surface area contributed by atoms with Gasteiger partial charge in [-0.05, 0) is 42.5 Å². The first-order chi connectivity index (χ1) is 13.9. The van der Waals surface area contributed by atoms with E-state index in [4.69, 9.17) is 5.26 Å². The number of hydrogen-bond acceptors (Lipinski definition) is 4. The standard InChI is InChI=1S/C24H32N5/c1-24(2,3)19-29(23-17-26-22(16-25)27-23)18-21-11-9-20(10-12-21)8-7-15-28-13-5-4-6-14-28/h7-12,17H,4-6,13-15,18-19H2,1-3H3/q+1/b8-7+. The summed E-state index contributed by atoms with van der Waals surface area (Å²) in [4.78, 5) is 9.08. The van der Waals surface area contributed by atoms with E-state index < -0.39 is 0 Å². The van der Waals surface area contributed by atoms with Crippen LogP contribution in [0.2, 0.25) is 0 Å². The summed E-state index contributed by atoms with van der Waals surface area (Å²) in [7, 11) is 0. The van der Waals surface area contributed by atoms with Crippen molar-refractivity contribution in [2.75, 3.05) is 26.2 Å². The van der Waals surface area contributed by atoms with E-state index in [9.17, 15) is 0 Å². The summed E-state index contributed by atoms with van der Waals surface area (Å²) >= 11 is 0. The Hall–Kier alpha value is -2.67. The van der Waals surface area contributed by atoms with Gasteiger partial charge in [-0.3, -0.25) is 4.90 Å². The van der Waals surface area contributed by atoms with E-state index >= 15 is 0 Å². The Balaban J connectivity index is 1.61. The molecule has 2 aliphatic rings. The highest BCUT2D eigenvalue weighted by Crippen LogP contribution is 2.18. The second-order valence-corrected chi connectivity index (χ2v) is 9.09. The van der Waals surface area contributed by atoms with Gasteiger partial charge in [-0.2, -0.15) is 9.93 Å². The van der Waals surface area contributed by atoms with Crippen LogP contribution in [-0.4, -0.2) is 53.9 Å². The molecule has 0 aromatic heterocycles. The van der Waals surface area contributed by atoms with Crippen molar-refractivity contribution in [3.63, 3.8) is 0 Å². The fourth-order valence-electron chi connectivity index (χ4n) is 3.72. The van der Waals surface area contributed by atoms with Crippen molar-refractivity contribution in [3.05, 3.63) is 41.5 Å². The molecular weight excluding hydrogens is 358 g/mol. The molecule has 0 amide bonds. The Kier molecular flexibility index (Phi) is 7.04. The molecule has 2 heterocycles. The normalized spacial score (nSPS) is 17.3. The van der Waals surface area contributed by atoms with Gasteiger partial charge in [0.25, 0.3) is 6.21 Å². The fourth-order valence-corrected chi connectivity index (χ4v) is 3.72. The van der Waals surface area contributed by atoms with Crippen molar-refractivity contribution in [1.82, 2.24) is 14.5 Å². The lowest BCUT2D eigenvalue weighted by atomic mass is 9.95. The average molecular weight is 391 g/mol. The molecule has 1 saturated heterocycles. The number of nitrogens with zero attached hydrogens (tertiary/aromatic N) is 5. The van der Waals surface area contributed by atoms with Crippen molar-refractivity contribution in [2.45, 2.75) is 46.6 Å². The second-order valence-electron chi connectivity index (χ2n) is 9.09. The maximum atomic E-state index is 9.04. The maximum absolute atomic E-state index is 9.04. The maximum Gasteiger partial charge on any atom is 0.497 e. The third-order valence-corrected chi connectivity index (χ3v) is 5.09. The molecule has 5 nitrogen and oxygen atoms in total. The van der Waals surface area contributed by atoms with Crippen molar-refractivity contribution in [1.29, 1.82) is 5.26 Å². The summed E-state index contributed by atoms with van der Waals surface area (Å²) < 4.78 is 4.09. The monoisotopic (exact) mass is 390 g/mol. The molecule has 1 aromatic carbocycles. The number of nitriles is 1. The lowest BCUT2D eigenvalue weighted by Crippen LogP contribution is -2.37. The van der Waals surface area contributed by atoms with Crippen molar-refractivity contribution in [2.24, 2.45) is 10.4 Å². The van der Waals surface area contributed by atoms with Gasteiger partial charge < -0.3 is 4.90 Å². The van der Waals surface area contributed by atoms with E-state index in [2.05, 4.69) is 76.6 Å². The van der Waals surface area contributed by atoms with Crippen LogP contribution >= 0.6 is 0 Å². The second kappa shape index (κ2) is 9.69. The van der Waals surface area contributed by atoms with Gasteiger partial charge in [0.15, 0.2) is 0 Å². The Morgan fingerprint density at radius 2 is 1.90 bits per heavy atom. The quantitative estimate of drug-likeness (QED) is 0.699. The average Bonchev–Trinajstić information content (AvgIpc) is 3.18. The predicted molar refractivity (Wildman–Crippen MR) is 122 cm³/mol. The zero-order valence-corrected chi connectivity index (χ0v) is 17.9. The summed E-state index contributed by atoms with van der Waals surface area (Å²) in [6.45, 7) is 11.7. The van der Waals surface area contributed by atoms with Crippen LogP contribution in [0.3, 0.4) is 0 Å². The Morgan fingerprint density at radius 3 is 2.52 bits per heavy atom. The van der Waals surface area contributed by atoms with Gasteiger partial charge >= 0.3 is 11.7 Å². The van der Waals surface area contributed by atoms with E-state index in [-0.39, 0.29) is 11.3 Å². The molecule has 0 radical (unpaired) electrons. The van der Waals surface area contributed by atoms with Crippen LogP contribution in [-0.2, 0) is 6.54 Å². The first-order valence-electron chi connectivity index (χ1n) is 10.6. The van der Waals surface area contributed by atoms with Crippen LogP contribution in [0.25, 0.3) is 6.08 Å². The molecule has 0 N–H and O–H groups in total. The molecule has 0 spiro atoms. The van der Waals surface area contributed by atoms with Crippen LogP contribution in [0, 0.1) is 16.7 Å². The summed E-state index contributed by atoms with van der Waals surface area (Å²) in [6.07, 6.45) is 10.2. The van der Waals surface area contributed by atoms with Crippen molar-refractivity contribution < 1.29 is 0 Å². The van der Waals surface area contributed by atoms with E-state index in [0.29, 0.717) is 0 Å². The zero-order valence-electron chi connectivity index (χ0n) is 17.9. The number of piperidine rings is 1. The van der Waals surface area contributed by atoms with Crippen LogP contribution < -0.4 is 4.67 Å². The smallest absolute Gasteiger partial charge is 0.327 e. The van der Waals surface area contributed by atoms with E-state index in [1.54, 1.807) is 6.21 Å². The van der Waals surface area contributed by atoms with Gasteiger partial charge in [0.05, 0.1) is 0 Å². The van der Waals surface area contributed by atoms with Crippen LogP contribution in [0.5, 0.6) is 0 Å². The third-order valence-electron chi connectivity index (χ3n) is 5.09. The molecule has 152 valence electrons. The summed E-state index contributed by atoms with van der Waals surface area (Å²) in [5.41, 5.74) is 2.57. The largest absolute Gasteiger partial charge is 0.497 e. The first kappa shape index (κ1) is 21.0. The Labute approximate surface area is 174 Å². The molecule has 3 rings (SSSR count). The van der Waals surface area contributed by atoms with Crippen LogP contribution in [0.15, 0.2) is 35.3 Å². The van der Waals surface area contributed by atoms with Crippen molar-refractivity contribution in [3.8, 4) is 6.07 Å². The number of amidine groups is 2. The highest BCUT2D eigenvalue weighted by Gasteiger charge is 2.28. The minimum Gasteiger partial charge on any atom is -0.327 e. The van der Waals surface area contributed by atoms with Crippen LogP contribution in [0.4, 0.5) is 0 Å². The molecule has 5 heteroatoms. The molecule has 1 aromatic rings. The highest BCUT2D eigenvalue weighted by molar-refractivity contribution is 6.35. The fraction of sp³-hybridized carbons (Fsp3) is 0.500. The van der Waals surface area contributed by atoms with Crippen LogP contribution in [0.1, 0.15) is 51.2 Å². The van der Waals surface area contributed by atoms with Gasteiger partial charge in [-0.25, -0.2) is 0 Å². The number of rotatable bonds is 6. The molecule has 0 saturated carbocycles. The number of benzene rings is 1. The highest BCUT2D eigenvalue weighted by atomic mass is 15.2. The molecule has 0 aliphatic carbocycles. The minimum atomic E-state index is 0.114. The molecule has 0 bridgehead atoms. The third kappa shape index (κ3) is 6.71. The van der Waals surface area contributed by atoms with Gasteiger partial charge in [0.2, 0.25) is 6.07 Å². The number of hydrogen-bond donors (Lipinski definition) is 0. The van der Waals surface area contributed by atoms with Gasteiger partial charge in [-0.15, -0.1) is 0 Å². The Bertz CT molecular complexity index is 852. The van der Waals surface area contributed by atoms with E-state index in [1.165, 1.54) is 43.5 Å². The lowest BCUT2D eigenvalue weighted by molar-refractivity contribution is 0.252. The predicted octanol–water partition coefficient (Wildman–Crippen LogP) is 3.51. The zero-order chi connectivity index (χ0) is 20.7. The Morgan fingerprint density at radius 1 is 1.17 bits per heavy atom. The van der Waals surface area contributed by atoms with Gasteiger partial charge in [0, 0.05) is 24.6 Å². The topological polar surface area (TPSA) is 56.7 Å². The van der Waals surface area contributed by atoms with E-state index in [0.717, 1.165) is 25.5 Å². The number of likely N-dealkylation sites (tertiary alicyclic amines) is 1. The van der Waals surface area contributed by atoms with Crippen molar-refractivity contribution >= 4 is 24.0 Å². The molecule has 1 fully saturated rings. The molecular formula is C24H32N5+. The van der Waals surface area contributed by atoms with Gasteiger partial charge in [-0.1, -0.05) is 63.6 Å². The minimum absolute atomic E-state index is 0.114. The lowest BCUT2D eigenvalue weighted by Gasteiger charge is -2.28. The summed E-state index contributed by atoms with van der Waals surface area (Å²) in [5, 5.41) is 9.04. The van der Waals surface area contributed by atoms with Gasteiger partial charge in [0.1, 0.15) is 0 Å². The summed E-state index contributed by atoms with van der Waals surface area (Å²) in [5.74, 6) is 0.995. The first-order valence-corrected chi connectivity index (χ1v) is 10.6. The van der Waals surface area contributed by atoms with E-state index in [1.807, 2.05) is 6.07 Å². The molecule has 2 aliphatic heterocycles. The molecule has 0 unspecified atom stereocenters.